The van der Waals surface area contributed by atoms with Crippen molar-refractivity contribution in [3.63, 3.8) is 0 Å². The van der Waals surface area contributed by atoms with E-state index in [2.05, 4.69) is 10.3 Å². The molecule has 1 heterocycles. The van der Waals surface area contributed by atoms with Crippen LogP contribution >= 0.6 is 11.6 Å². The second kappa shape index (κ2) is 5.83. The molecule has 0 aliphatic rings. The molecule has 0 aliphatic heterocycles. The van der Waals surface area contributed by atoms with Gasteiger partial charge in [-0.25, -0.2) is 9.37 Å². The standard InChI is InChI=1S/C13H11ClFN3O2/c1-8-2-5-12(18(19)20)13(17-8)16-7-9-3-4-11(15)10(14)6-9/h2-6H,7H2,1H3,(H,16,17). The van der Waals surface area contributed by atoms with Crippen LogP contribution in [0.4, 0.5) is 15.9 Å². The van der Waals surface area contributed by atoms with E-state index >= 15 is 0 Å². The zero-order chi connectivity index (χ0) is 14.7. The predicted octanol–water partition coefficient (Wildman–Crippen LogP) is 3.70. The first-order valence-electron chi connectivity index (χ1n) is 5.77. The van der Waals surface area contributed by atoms with Crippen molar-refractivity contribution < 1.29 is 9.31 Å². The molecule has 0 unspecified atom stereocenters. The fraction of sp³-hybridized carbons (Fsp3) is 0.154. The Morgan fingerprint density at radius 3 is 2.80 bits per heavy atom. The maximum absolute atomic E-state index is 13.0. The fourth-order valence-corrected chi connectivity index (χ4v) is 1.87. The third-order valence-electron chi connectivity index (χ3n) is 2.65. The number of nitro groups is 1. The Labute approximate surface area is 119 Å². The van der Waals surface area contributed by atoms with E-state index in [4.69, 9.17) is 11.6 Å². The molecule has 0 bridgehead atoms. The number of aryl methyl sites for hydroxylation is 1. The fourth-order valence-electron chi connectivity index (χ4n) is 1.66. The van der Waals surface area contributed by atoms with E-state index in [1.165, 1.54) is 18.2 Å². The van der Waals surface area contributed by atoms with E-state index in [-0.39, 0.29) is 23.1 Å². The molecule has 0 radical (unpaired) electrons. The Morgan fingerprint density at radius 2 is 2.15 bits per heavy atom. The summed E-state index contributed by atoms with van der Waals surface area (Å²) in [5.41, 5.74) is 1.26. The Bertz CT molecular complexity index is 664. The van der Waals surface area contributed by atoms with Crippen molar-refractivity contribution in [3.05, 3.63) is 62.5 Å². The van der Waals surface area contributed by atoms with Crippen molar-refractivity contribution in [2.75, 3.05) is 5.32 Å². The van der Waals surface area contributed by atoms with Gasteiger partial charge in [0.25, 0.3) is 0 Å². The molecule has 0 aliphatic carbocycles. The first-order chi connectivity index (χ1) is 9.47. The summed E-state index contributed by atoms with van der Waals surface area (Å²) in [7, 11) is 0. The third-order valence-corrected chi connectivity index (χ3v) is 2.94. The molecule has 5 nitrogen and oxygen atoms in total. The van der Waals surface area contributed by atoms with Gasteiger partial charge in [0.05, 0.1) is 9.95 Å². The number of aromatic nitrogens is 1. The number of hydrogen-bond acceptors (Lipinski definition) is 4. The van der Waals surface area contributed by atoms with Gasteiger partial charge in [0, 0.05) is 18.3 Å². The van der Waals surface area contributed by atoms with Gasteiger partial charge in [-0.3, -0.25) is 10.1 Å². The van der Waals surface area contributed by atoms with Crippen molar-refractivity contribution in [3.8, 4) is 0 Å². The molecule has 0 fully saturated rings. The summed E-state index contributed by atoms with van der Waals surface area (Å²) in [6.45, 7) is 2.00. The van der Waals surface area contributed by atoms with Crippen LogP contribution in [0.15, 0.2) is 30.3 Å². The number of rotatable bonds is 4. The average molecular weight is 296 g/mol. The largest absolute Gasteiger partial charge is 0.360 e. The molecule has 1 aromatic carbocycles. The van der Waals surface area contributed by atoms with Gasteiger partial charge in [0.1, 0.15) is 5.82 Å². The summed E-state index contributed by atoms with van der Waals surface area (Å²) < 4.78 is 13.0. The third kappa shape index (κ3) is 3.21. The van der Waals surface area contributed by atoms with E-state index in [1.54, 1.807) is 19.1 Å². The highest BCUT2D eigenvalue weighted by molar-refractivity contribution is 6.30. The highest BCUT2D eigenvalue weighted by Crippen LogP contribution is 2.23. The van der Waals surface area contributed by atoms with Gasteiger partial charge in [-0.1, -0.05) is 17.7 Å². The quantitative estimate of drug-likeness (QED) is 0.690. The Hall–Kier alpha value is -2.21. The second-order valence-electron chi connectivity index (χ2n) is 4.18. The zero-order valence-electron chi connectivity index (χ0n) is 10.6. The van der Waals surface area contributed by atoms with Crippen molar-refractivity contribution in [2.45, 2.75) is 13.5 Å². The van der Waals surface area contributed by atoms with E-state index < -0.39 is 10.7 Å². The Morgan fingerprint density at radius 1 is 1.40 bits per heavy atom. The highest BCUT2D eigenvalue weighted by atomic mass is 35.5. The van der Waals surface area contributed by atoms with Crippen LogP contribution in [-0.2, 0) is 6.54 Å². The Kier molecular flexibility index (Phi) is 4.14. The van der Waals surface area contributed by atoms with E-state index in [0.29, 0.717) is 11.3 Å². The van der Waals surface area contributed by atoms with Crippen LogP contribution in [0.2, 0.25) is 5.02 Å². The molecule has 0 spiro atoms. The molecule has 0 saturated carbocycles. The van der Waals surface area contributed by atoms with Gasteiger partial charge in [0.15, 0.2) is 0 Å². The van der Waals surface area contributed by atoms with Gasteiger partial charge in [-0.2, -0.15) is 0 Å². The molecule has 1 N–H and O–H groups in total. The van der Waals surface area contributed by atoms with Gasteiger partial charge in [-0.05, 0) is 30.7 Å². The molecule has 1 aromatic heterocycles. The number of nitrogens with zero attached hydrogens (tertiary/aromatic N) is 2. The highest BCUT2D eigenvalue weighted by Gasteiger charge is 2.14. The summed E-state index contributed by atoms with van der Waals surface area (Å²) >= 11 is 5.68. The van der Waals surface area contributed by atoms with E-state index in [0.717, 1.165) is 0 Å². The van der Waals surface area contributed by atoms with Gasteiger partial charge in [-0.15, -0.1) is 0 Å². The van der Waals surface area contributed by atoms with Gasteiger partial charge < -0.3 is 5.32 Å². The number of nitrogens with one attached hydrogen (secondary N) is 1. The molecular weight excluding hydrogens is 285 g/mol. The maximum Gasteiger partial charge on any atom is 0.311 e. The molecule has 0 amide bonds. The minimum atomic E-state index is -0.508. The predicted molar refractivity (Wildman–Crippen MR) is 74.4 cm³/mol. The number of benzene rings is 1. The smallest absolute Gasteiger partial charge is 0.311 e. The lowest BCUT2D eigenvalue weighted by molar-refractivity contribution is -0.384. The van der Waals surface area contributed by atoms with Crippen molar-refractivity contribution in [1.29, 1.82) is 0 Å². The summed E-state index contributed by atoms with van der Waals surface area (Å²) in [6, 6.07) is 7.22. The number of anilines is 1. The normalized spacial score (nSPS) is 10.3. The summed E-state index contributed by atoms with van der Waals surface area (Å²) in [5.74, 6) is -0.328. The summed E-state index contributed by atoms with van der Waals surface area (Å²) in [6.07, 6.45) is 0. The molecule has 2 rings (SSSR count). The van der Waals surface area contributed by atoms with Crippen molar-refractivity contribution >= 4 is 23.1 Å². The molecule has 0 saturated heterocycles. The van der Waals surface area contributed by atoms with Crippen LogP contribution in [0, 0.1) is 22.9 Å². The summed E-state index contributed by atoms with van der Waals surface area (Å²) in [5, 5.41) is 13.8. The van der Waals surface area contributed by atoms with E-state index in [9.17, 15) is 14.5 Å². The molecule has 20 heavy (non-hydrogen) atoms. The maximum atomic E-state index is 13.0. The number of halogens is 2. The lowest BCUT2D eigenvalue weighted by Gasteiger charge is -2.07. The first kappa shape index (κ1) is 14.2. The van der Waals surface area contributed by atoms with Crippen molar-refractivity contribution in [2.24, 2.45) is 0 Å². The van der Waals surface area contributed by atoms with Crippen LogP contribution in [-0.4, -0.2) is 9.91 Å². The van der Waals surface area contributed by atoms with Crippen LogP contribution in [0.1, 0.15) is 11.3 Å². The monoisotopic (exact) mass is 295 g/mol. The average Bonchev–Trinajstić information content (AvgIpc) is 2.40. The lowest BCUT2D eigenvalue weighted by atomic mass is 10.2. The lowest BCUT2D eigenvalue weighted by Crippen LogP contribution is -2.05. The minimum Gasteiger partial charge on any atom is -0.360 e. The van der Waals surface area contributed by atoms with Crippen LogP contribution in [0.3, 0.4) is 0 Å². The van der Waals surface area contributed by atoms with Crippen molar-refractivity contribution in [1.82, 2.24) is 4.98 Å². The molecular formula is C13H11ClFN3O2. The van der Waals surface area contributed by atoms with Crippen LogP contribution in [0.25, 0.3) is 0 Å². The molecule has 0 atom stereocenters. The molecule has 2 aromatic rings. The number of hydrogen-bond donors (Lipinski definition) is 1. The van der Waals surface area contributed by atoms with E-state index in [1.807, 2.05) is 0 Å². The zero-order valence-corrected chi connectivity index (χ0v) is 11.3. The molecule has 7 heteroatoms. The summed E-state index contributed by atoms with van der Waals surface area (Å²) in [4.78, 5) is 14.5. The van der Waals surface area contributed by atoms with Crippen LogP contribution in [0.5, 0.6) is 0 Å². The topological polar surface area (TPSA) is 68.1 Å². The SMILES string of the molecule is Cc1ccc([N+](=O)[O-])c(NCc2ccc(F)c(Cl)c2)n1. The first-order valence-corrected chi connectivity index (χ1v) is 6.15. The van der Waals surface area contributed by atoms with Gasteiger partial charge >= 0.3 is 5.69 Å². The Balaban J connectivity index is 2.20. The number of pyridine rings is 1. The van der Waals surface area contributed by atoms with Gasteiger partial charge in [0.2, 0.25) is 5.82 Å². The molecule has 104 valence electrons. The van der Waals surface area contributed by atoms with Crippen LogP contribution < -0.4 is 5.32 Å². The second-order valence-corrected chi connectivity index (χ2v) is 4.59. The minimum absolute atomic E-state index is 0.0102.